The van der Waals surface area contributed by atoms with Crippen molar-refractivity contribution in [3.63, 3.8) is 0 Å². The summed E-state index contributed by atoms with van der Waals surface area (Å²) in [5.74, 6) is 4.01. The monoisotopic (exact) mass is 479 g/mol. The number of nitrogens with one attached hydrogen (secondary N) is 3. The van der Waals surface area contributed by atoms with Gasteiger partial charge < -0.3 is 20.7 Å². The fourth-order valence-corrected chi connectivity index (χ4v) is 3.99. The summed E-state index contributed by atoms with van der Waals surface area (Å²) in [5.41, 5.74) is 2.70. The first-order chi connectivity index (χ1) is 16.7. The lowest BCUT2D eigenvalue weighted by Gasteiger charge is -2.23. The zero-order chi connectivity index (χ0) is 25.4. The highest BCUT2D eigenvalue weighted by Gasteiger charge is 2.28. The number of amides is 2. The van der Waals surface area contributed by atoms with Crippen LogP contribution in [0, 0.1) is 5.92 Å². The number of aromatic nitrogens is 1. The number of para-hydroxylation sites is 1. The van der Waals surface area contributed by atoms with E-state index in [9.17, 15) is 19.5 Å². The van der Waals surface area contributed by atoms with Crippen molar-refractivity contribution in [2.75, 3.05) is 6.54 Å². The van der Waals surface area contributed by atoms with Crippen LogP contribution in [-0.2, 0) is 27.3 Å². The number of hydrazine groups is 1. The first kappa shape index (κ1) is 25.9. The average molecular weight is 480 g/mol. The van der Waals surface area contributed by atoms with Gasteiger partial charge in [-0.15, -0.1) is 0 Å². The third-order valence-corrected chi connectivity index (χ3v) is 5.65. The molecule has 2 aromatic carbocycles. The van der Waals surface area contributed by atoms with Crippen LogP contribution in [0.3, 0.4) is 0 Å². The fourth-order valence-electron chi connectivity index (χ4n) is 3.99. The van der Waals surface area contributed by atoms with E-state index in [4.69, 9.17) is 5.84 Å². The van der Waals surface area contributed by atoms with E-state index in [1.807, 2.05) is 68.4 Å². The highest BCUT2D eigenvalue weighted by Crippen LogP contribution is 2.19. The molecule has 2 amide bonds. The van der Waals surface area contributed by atoms with Crippen molar-refractivity contribution in [3.8, 4) is 0 Å². The van der Waals surface area contributed by atoms with Crippen LogP contribution in [0.1, 0.15) is 31.4 Å². The number of hydrogen-bond donors (Lipinski definition) is 5. The maximum absolute atomic E-state index is 13.2. The Hall–Kier alpha value is -3.69. The molecule has 1 heterocycles. The van der Waals surface area contributed by atoms with Gasteiger partial charge in [0.15, 0.2) is 0 Å². The lowest BCUT2D eigenvalue weighted by molar-refractivity contribution is -0.142. The lowest BCUT2D eigenvalue weighted by Crippen LogP contribution is -2.54. The molecule has 3 aromatic rings. The number of carboxylic acids is 1. The molecule has 0 unspecified atom stereocenters. The van der Waals surface area contributed by atoms with E-state index in [1.165, 1.54) is 5.01 Å². The van der Waals surface area contributed by atoms with Gasteiger partial charge in [0.1, 0.15) is 12.1 Å². The molecule has 1 aromatic heterocycles. The molecule has 9 heteroatoms. The molecule has 0 radical (unpaired) electrons. The Morgan fingerprint density at radius 1 is 1.00 bits per heavy atom. The molecular formula is C26H33N5O4. The standard InChI is InChI=1S/C26H33N5O4/c1-17(2)12-23(26(34)35)30-25(33)22(13-19-14-28-21-11-7-6-10-20(19)21)29-24(32)16-31(27)15-18-8-4-3-5-9-18/h3-11,14,17,22-23,28H,12-13,15-16,27H2,1-2H3,(H,29,32)(H,30,33)(H,34,35)/t22-,23+/m1/s1. The lowest BCUT2D eigenvalue weighted by atomic mass is 10.0. The van der Waals surface area contributed by atoms with Crippen molar-refractivity contribution < 1.29 is 19.5 Å². The first-order valence-corrected chi connectivity index (χ1v) is 11.6. The second kappa shape index (κ2) is 12.1. The number of carbonyl (C=O) groups excluding carboxylic acids is 2. The normalized spacial score (nSPS) is 13.1. The fraction of sp³-hybridized carbons (Fsp3) is 0.346. The number of hydrogen-bond acceptors (Lipinski definition) is 5. The molecule has 186 valence electrons. The van der Waals surface area contributed by atoms with Crippen LogP contribution in [0.25, 0.3) is 10.9 Å². The molecule has 0 saturated heterocycles. The molecule has 6 N–H and O–H groups in total. The molecule has 0 bridgehead atoms. The Morgan fingerprint density at radius 3 is 2.37 bits per heavy atom. The van der Waals surface area contributed by atoms with Crippen molar-refractivity contribution in [2.45, 2.75) is 45.3 Å². The van der Waals surface area contributed by atoms with Gasteiger partial charge in [-0.1, -0.05) is 62.4 Å². The summed E-state index contributed by atoms with van der Waals surface area (Å²) in [6.07, 6.45) is 2.27. The largest absolute Gasteiger partial charge is 0.480 e. The molecular weight excluding hydrogens is 446 g/mol. The van der Waals surface area contributed by atoms with Crippen LogP contribution in [0.2, 0.25) is 0 Å². The summed E-state index contributed by atoms with van der Waals surface area (Å²) >= 11 is 0. The van der Waals surface area contributed by atoms with Crippen LogP contribution in [0.5, 0.6) is 0 Å². The number of aromatic amines is 1. The SMILES string of the molecule is CC(C)C[C@H](NC(=O)[C@@H](Cc1c[nH]c2ccccc12)NC(=O)CN(N)Cc1ccccc1)C(=O)O. The van der Waals surface area contributed by atoms with Crippen LogP contribution in [0.4, 0.5) is 0 Å². The Morgan fingerprint density at radius 2 is 1.69 bits per heavy atom. The molecule has 0 spiro atoms. The van der Waals surface area contributed by atoms with E-state index in [0.29, 0.717) is 6.54 Å². The van der Waals surface area contributed by atoms with Gasteiger partial charge in [0.05, 0.1) is 6.54 Å². The summed E-state index contributed by atoms with van der Waals surface area (Å²) in [6.45, 7) is 4.01. The van der Waals surface area contributed by atoms with Crippen LogP contribution >= 0.6 is 0 Å². The molecule has 0 aliphatic rings. The molecule has 3 rings (SSSR count). The Labute approximate surface area is 204 Å². The van der Waals surface area contributed by atoms with E-state index in [1.54, 1.807) is 6.20 Å². The quantitative estimate of drug-likeness (QED) is 0.199. The molecule has 2 atom stereocenters. The van der Waals surface area contributed by atoms with Crippen LogP contribution < -0.4 is 16.5 Å². The molecule has 9 nitrogen and oxygen atoms in total. The average Bonchev–Trinajstić information content (AvgIpc) is 3.21. The molecule has 0 fully saturated rings. The van der Waals surface area contributed by atoms with E-state index in [0.717, 1.165) is 22.0 Å². The highest BCUT2D eigenvalue weighted by molar-refractivity contribution is 5.92. The first-order valence-electron chi connectivity index (χ1n) is 11.6. The smallest absolute Gasteiger partial charge is 0.326 e. The minimum Gasteiger partial charge on any atom is -0.480 e. The van der Waals surface area contributed by atoms with Gasteiger partial charge in [0, 0.05) is 30.1 Å². The third kappa shape index (κ3) is 7.66. The number of H-pyrrole nitrogens is 1. The number of nitrogens with zero attached hydrogens (tertiary/aromatic N) is 1. The molecule has 0 aliphatic heterocycles. The van der Waals surface area contributed by atoms with Gasteiger partial charge in [-0.2, -0.15) is 0 Å². The Bertz CT molecular complexity index is 1140. The van der Waals surface area contributed by atoms with Crippen LogP contribution in [0.15, 0.2) is 60.8 Å². The summed E-state index contributed by atoms with van der Waals surface area (Å²) in [4.78, 5) is 40.8. The number of fused-ring (bicyclic) bond motifs is 1. The number of benzene rings is 2. The number of aliphatic carboxylic acids is 1. The van der Waals surface area contributed by atoms with Gasteiger partial charge in [0.25, 0.3) is 0 Å². The van der Waals surface area contributed by atoms with Gasteiger partial charge in [-0.05, 0) is 29.5 Å². The summed E-state index contributed by atoms with van der Waals surface area (Å²) in [5, 5.41) is 17.2. The van der Waals surface area contributed by atoms with E-state index >= 15 is 0 Å². The third-order valence-electron chi connectivity index (χ3n) is 5.65. The topological polar surface area (TPSA) is 141 Å². The zero-order valence-corrected chi connectivity index (χ0v) is 20.0. The highest BCUT2D eigenvalue weighted by atomic mass is 16.4. The molecule has 0 aliphatic carbocycles. The van der Waals surface area contributed by atoms with Gasteiger partial charge in [0.2, 0.25) is 11.8 Å². The Balaban J connectivity index is 1.74. The predicted molar refractivity (Wildman–Crippen MR) is 134 cm³/mol. The minimum absolute atomic E-state index is 0.0712. The maximum atomic E-state index is 13.2. The summed E-state index contributed by atoms with van der Waals surface area (Å²) in [6, 6.07) is 15.1. The van der Waals surface area contributed by atoms with Crippen molar-refractivity contribution in [1.82, 2.24) is 20.6 Å². The molecule has 0 saturated carbocycles. The van der Waals surface area contributed by atoms with Gasteiger partial charge in [-0.3, -0.25) is 15.4 Å². The number of carbonyl (C=O) groups is 3. The van der Waals surface area contributed by atoms with E-state index in [-0.39, 0.29) is 25.3 Å². The second-order valence-corrected chi connectivity index (χ2v) is 9.10. The Kier molecular flexibility index (Phi) is 8.99. The van der Waals surface area contributed by atoms with E-state index in [2.05, 4.69) is 15.6 Å². The van der Waals surface area contributed by atoms with Gasteiger partial charge in [-0.25, -0.2) is 9.80 Å². The second-order valence-electron chi connectivity index (χ2n) is 9.10. The van der Waals surface area contributed by atoms with Crippen LogP contribution in [-0.4, -0.2) is 51.5 Å². The maximum Gasteiger partial charge on any atom is 0.326 e. The zero-order valence-electron chi connectivity index (χ0n) is 20.0. The molecule has 35 heavy (non-hydrogen) atoms. The number of rotatable bonds is 12. The number of nitrogens with two attached hydrogens (primary N) is 1. The predicted octanol–water partition coefficient (Wildman–Crippen LogP) is 2.19. The summed E-state index contributed by atoms with van der Waals surface area (Å²) < 4.78 is 0. The van der Waals surface area contributed by atoms with Crippen molar-refractivity contribution >= 4 is 28.7 Å². The minimum atomic E-state index is -1.11. The van der Waals surface area contributed by atoms with E-state index < -0.39 is 29.9 Å². The number of carboxylic acid groups (broad SMARTS) is 1. The van der Waals surface area contributed by atoms with Gasteiger partial charge >= 0.3 is 5.97 Å². The van der Waals surface area contributed by atoms with Crippen molar-refractivity contribution in [1.29, 1.82) is 0 Å². The van der Waals surface area contributed by atoms with Crippen molar-refractivity contribution in [3.05, 3.63) is 71.9 Å². The summed E-state index contributed by atoms with van der Waals surface area (Å²) in [7, 11) is 0. The van der Waals surface area contributed by atoms with Crippen molar-refractivity contribution in [2.24, 2.45) is 11.8 Å².